The third-order valence-corrected chi connectivity index (χ3v) is 12.3. The van der Waals surface area contributed by atoms with Crippen LogP contribution in [0.4, 0.5) is 0 Å². The number of fused-ring (bicyclic) bond motifs is 2. The third kappa shape index (κ3) is 3.73. The van der Waals surface area contributed by atoms with Crippen molar-refractivity contribution in [1.82, 2.24) is 0 Å². The summed E-state index contributed by atoms with van der Waals surface area (Å²) in [6.45, 7) is 9.83. The Kier molecular flexibility index (Phi) is 5.52. The molecule has 4 rings (SSSR count). The SMILES string of the molecule is C[Si](C)(I)c1ccc2ccccc2c1-c1c([Si](C)(C)I)ccc2ccccc12. The fraction of sp³-hybridized carbons (Fsp3) is 0.167. The zero-order valence-electron chi connectivity index (χ0n) is 16.7. The smallest absolute Gasteiger partial charge is 0.113 e. The van der Waals surface area contributed by atoms with E-state index in [1.807, 2.05) is 0 Å². The van der Waals surface area contributed by atoms with Crippen LogP contribution in [0.2, 0.25) is 26.2 Å². The highest BCUT2D eigenvalue weighted by Crippen LogP contribution is 2.36. The van der Waals surface area contributed by atoms with E-state index in [-0.39, 0.29) is 0 Å². The Labute approximate surface area is 195 Å². The molecule has 0 aliphatic rings. The molecule has 4 aromatic rings. The number of halogens is 2. The van der Waals surface area contributed by atoms with E-state index in [4.69, 9.17) is 0 Å². The lowest BCUT2D eigenvalue weighted by molar-refractivity contribution is 1.71. The second-order valence-corrected chi connectivity index (χ2v) is 31.5. The van der Waals surface area contributed by atoms with Gasteiger partial charge in [0.15, 0.2) is 11.1 Å². The van der Waals surface area contributed by atoms with Gasteiger partial charge in [-0.15, -0.1) is 43.6 Å². The van der Waals surface area contributed by atoms with Crippen LogP contribution in [-0.2, 0) is 0 Å². The molecule has 0 unspecified atom stereocenters. The molecule has 0 saturated carbocycles. The van der Waals surface area contributed by atoms with Crippen LogP contribution < -0.4 is 10.4 Å². The van der Waals surface area contributed by atoms with Crippen LogP contribution in [0.25, 0.3) is 32.7 Å². The van der Waals surface area contributed by atoms with Gasteiger partial charge in [0.05, 0.1) is 0 Å². The quantitative estimate of drug-likeness (QED) is 0.127. The molecule has 28 heavy (non-hydrogen) atoms. The Morgan fingerprint density at radius 3 is 1.21 bits per heavy atom. The van der Waals surface area contributed by atoms with Crippen LogP contribution >= 0.6 is 43.6 Å². The molecule has 0 N–H and O–H groups in total. The Morgan fingerprint density at radius 1 is 0.500 bits per heavy atom. The zero-order chi connectivity index (χ0) is 20.1. The van der Waals surface area contributed by atoms with Crippen molar-refractivity contribution in [3.8, 4) is 11.1 Å². The van der Waals surface area contributed by atoms with Crippen molar-refractivity contribution >= 4 is 86.7 Å². The summed E-state index contributed by atoms with van der Waals surface area (Å²) in [5, 5.41) is 8.57. The van der Waals surface area contributed by atoms with Crippen molar-refractivity contribution in [2.24, 2.45) is 0 Å². The van der Waals surface area contributed by atoms with Crippen molar-refractivity contribution in [2.75, 3.05) is 0 Å². The van der Waals surface area contributed by atoms with Crippen molar-refractivity contribution in [3.63, 3.8) is 0 Å². The number of hydrogen-bond acceptors (Lipinski definition) is 0. The van der Waals surface area contributed by atoms with Gasteiger partial charge in [-0.25, -0.2) is 0 Å². The van der Waals surface area contributed by atoms with Crippen LogP contribution in [0.1, 0.15) is 0 Å². The van der Waals surface area contributed by atoms with Gasteiger partial charge in [0.2, 0.25) is 0 Å². The summed E-state index contributed by atoms with van der Waals surface area (Å²) in [5.74, 6) is 0. The van der Waals surface area contributed by atoms with Gasteiger partial charge in [0.25, 0.3) is 0 Å². The molecule has 0 radical (unpaired) electrons. The van der Waals surface area contributed by atoms with E-state index in [0.717, 1.165) is 0 Å². The molecule has 4 heteroatoms. The minimum Gasteiger partial charge on any atom is -0.113 e. The van der Waals surface area contributed by atoms with E-state index in [9.17, 15) is 0 Å². The number of hydrogen-bond donors (Lipinski definition) is 0. The van der Waals surface area contributed by atoms with E-state index < -0.39 is 11.1 Å². The van der Waals surface area contributed by atoms with Crippen LogP contribution in [0.3, 0.4) is 0 Å². The first kappa shape index (κ1) is 20.6. The maximum Gasteiger partial charge on any atom is 0.150 e. The van der Waals surface area contributed by atoms with Crippen molar-refractivity contribution in [2.45, 2.75) is 26.2 Å². The third-order valence-electron chi connectivity index (χ3n) is 5.39. The lowest BCUT2D eigenvalue weighted by Gasteiger charge is -2.27. The van der Waals surface area contributed by atoms with Gasteiger partial charge in [-0.3, -0.25) is 0 Å². The Morgan fingerprint density at radius 2 is 0.857 bits per heavy atom. The molecular weight excluding hydrogens is 598 g/mol. The van der Waals surface area contributed by atoms with Gasteiger partial charge >= 0.3 is 0 Å². The number of rotatable bonds is 3. The van der Waals surface area contributed by atoms with E-state index in [1.54, 1.807) is 10.4 Å². The Balaban J connectivity index is 2.27. The van der Waals surface area contributed by atoms with Crippen LogP contribution in [0.5, 0.6) is 0 Å². The molecule has 0 fully saturated rings. The normalized spacial score (nSPS) is 12.6. The average Bonchev–Trinajstić information content (AvgIpc) is 2.64. The molecule has 142 valence electrons. The minimum absolute atomic E-state index is 1.34. The maximum atomic E-state index is 2.73. The van der Waals surface area contributed by atoms with E-state index in [2.05, 4.69) is 143 Å². The largest absolute Gasteiger partial charge is 0.150 e. The summed E-state index contributed by atoms with van der Waals surface area (Å²) in [6, 6.07) is 27.3. The molecular formula is C24H24I2Si2. The molecule has 0 atom stereocenters. The zero-order valence-corrected chi connectivity index (χ0v) is 23.0. The fourth-order valence-corrected chi connectivity index (χ4v) is 9.44. The summed E-state index contributed by atoms with van der Waals surface area (Å²) in [7, 11) is 0. The summed E-state index contributed by atoms with van der Waals surface area (Å²) < 4.78 is 0. The predicted molar refractivity (Wildman–Crippen MR) is 149 cm³/mol. The summed E-state index contributed by atoms with van der Waals surface area (Å²) in [4.78, 5) is 0. The summed E-state index contributed by atoms with van der Waals surface area (Å²) in [5.41, 5.74) is -0.169. The molecule has 0 aliphatic heterocycles. The highest BCUT2D eigenvalue weighted by molar-refractivity contribution is 14.1. The van der Waals surface area contributed by atoms with Crippen molar-refractivity contribution in [3.05, 3.63) is 72.8 Å². The van der Waals surface area contributed by atoms with Crippen LogP contribution in [0.15, 0.2) is 72.8 Å². The van der Waals surface area contributed by atoms with Crippen molar-refractivity contribution < 1.29 is 0 Å². The standard InChI is InChI=1S/C24H24I2Si2/c1-27(2,25)21-15-13-17-9-5-7-11-19(17)23(21)24-20-12-8-6-10-18(20)14-16-22(24)28(3,4)26/h5-16H,1-4H3. The molecule has 0 saturated heterocycles. The van der Waals surface area contributed by atoms with Gasteiger partial charge in [-0.1, -0.05) is 99.0 Å². The number of benzene rings is 4. The maximum absolute atomic E-state index is 2.73. The van der Waals surface area contributed by atoms with Gasteiger partial charge in [0, 0.05) is 0 Å². The van der Waals surface area contributed by atoms with E-state index in [0.29, 0.717) is 0 Å². The fourth-order valence-electron chi connectivity index (χ4n) is 4.07. The minimum atomic E-state index is -1.56. The monoisotopic (exact) mass is 622 g/mol. The van der Waals surface area contributed by atoms with Crippen LogP contribution in [0, 0.1) is 0 Å². The van der Waals surface area contributed by atoms with E-state index >= 15 is 0 Å². The molecule has 0 amide bonds. The predicted octanol–water partition coefficient (Wildman–Crippen LogP) is 7.35. The second-order valence-electron chi connectivity index (χ2n) is 8.36. The first-order valence-electron chi connectivity index (χ1n) is 9.60. The topological polar surface area (TPSA) is 0 Å². The van der Waals surface area contributed by atoms with Gasteiger partial charge in [-0.2, -0.15) is 0 Å². The van der Waals surface area contributed by atoms with Gasteiger partial charge < -0.3 is 0 Å². The Hall–Kier alpha value is -0.706. The lowest BCUT2D eigenvalue weighted by atomic mass is 9.93. The first-order chi connectivity index (χ1) is 13.2. The van der Waals surface area contributed by atoms with Crippen LogP contribution in [-0.4, -0.2) is 11.1 Å². The Bertz CT molecular complexity index is 1090. The lowest BCUT2D eigenvalue weighted by Crippen LogP contribution is -2.40. The molecule has 0 spiro atoms. The van der Waals surface area contributed by atoms with Crippen molar-refractivity contribution in [1.29, 1.82) is 0 Å². The summed E-state index contributed by atoms with van der Waals surface area (Å²) in [6.07, 6.45) is 0. The second kappa shape index (κ2) is 7.52. The van der Waals surface area contributed by atoms with Gasteiger partial charge in [-0.05, 0) is 43.0 Å². The van der Waals surface area contributed by atoms with Gasteiger partial charge in [0.1, 0.15) is 0 Å². The van der Waals surface area contributed by atoms with E-state index in [1.165, 1.54) is 32.7 Å². The molecule has 0 aromatic heterocycles. The average molecular weight is 622 g/mol. The molecule has 4 aromatic carbocycles. The summed E-state index contributed by atoms with van der Waals surface area (Å²) >= 11 is 5.46. The molecule has 0 aliphatic carbocycles. The molecule has 0 nitrogen and oxygen atoms in total. The molecule has 0 bridgehead atoms. The highest BCUT2D eigenvalue weighted by Gasteiger charge is 2.30. The highest BCUT2D eigenvalue weighted by atomic mass is 127. The first-order valence-corrected chi connectivity index (χ1v) is 21.8. The molecule has 0 heterocycles.